The van der Waals surface area contributed by atoms with Crippen LogP contribution in [0.2, 0.25) is 0 Å². The quantitative estimate of drug-likeness (QED) is 0.712. The SMILES string of the molecule is O=C(CCc1ccsc1)NCCCOCC1CCCO1. The fourth-order valence-electron chi connectivity index (χ4n) is 2.17. The lowest BCUT2D eigenvalue weighted by Crippen LogP contribution is -2.25. The largest absolute Gasteiger partial charge is 0.379 e. The third kappa shape index (κ3) is 6.03. The number of carbonyl (C=O) groups is 1. The molecule has 1 aliphatic rings. The molecule has 1 atom stereocenters. The molecule has 1 aromatic rings. The minimum atomic E-state index is 0.121. The molecule has 112 valence electrons. The number of hydrogen-bond acceptors (Lipinski definition) is 4. The lowest BCUT2D eigenvalue weighted by molar-refractivity contribution is -0.121. The van der Waals surface area contributed by atoms with Gasteiger partial charge in [-0.3, -0.25) is 4.79 Å². The van der Waals surface area contributed by atoms with E-state index in [1.54, 1.807) is 11.3 Å². The third-order valence-corrected chi connectivity index (χ3v) is 4.07. The van der Waals surface area contributed by atoms with Gasteiger partial charge in [0, 0.05) is 26.2 Å². The van der Waals surface area contributed by atoms with E-state index in [9.17, 15) is 4.79 Å². The fourth-order valence-corrected chi connectivity index (χ4v) is 2.88. The van der Waals surface area contributed by atoms with Gasteiger partial charge in [0.2, 0.25) is 5.91 Å². The van der Waals surface area contributed by atoms with E-state index in [4.69, 9.17) is 9.47 Å². The fraction of sp³-hybridized carbons (Fsp3) is 0.667. The molecule has 0 saturated carbocycles. The second kappa shape index (κ2) is 9.10. The summed E-state index contributed by atoms with van der Waals surface area (Å²) in [7, 11) is 0. The number of carbonyl (C=O) groups excluding carboxylic acids is 1. The van der Waals surface area contributed by atoms with Crippen molar-refractivity contribution in [3.8, 4) is 0 Å². The Kier molecular flexibility index (Phi) is 7.05. The highest BCUT2D eigenvalue weighted by Crippen LogP contribution is 2.11. The Balaban J connectivity index is 1.41. The Labute approximate surface area is 124 Å². The first-order chi connectivity index (χ1) is 9.84. The number of thiophene rings is 1. The maximum atomic E-state index is 11.6. The van der Waals surface area contributed by atoms with Gasteiger partial charge in [0.15, 0.2) is 0 Å². The van der Waals surface area contributed by atoms with E-state index in [1.165, 1.54) is 5.56 Å². The van der Waals surface area contributed by atoms with E-state index in [-0.39, 0.29) is 12.0 Å². The van der Waals surface area contributed by atoms with Crippen molar-refractivity contribution in [2.45, 2.75) is 38.2 Å². The summed E-state index contributed by atoms with van der Waals surface area (Å²) in [6, 6.07) is 2.07. The van der Waals surface area contributed by atoms with Crippen LogP contribution in [0.4, 0.5) is 0 Å². The van der Waals surface area contributed by atoms with Crippen LogP contribution >= 0.6 is 11.3 Å². The summed E-state index contributed by atoms with van der Waals surface area (Å²) in [6.45, 7) is 2.93. The summed E-state index contributed by atoms with van der Waals surface area (Å²) < 4.78 is 11.0. The molecule has 0 aromatic carbocycles. The number of aryl methyl sites for hydroxylation is 1. The Morgan fingerprint density at radius 3 is 3.25 bits per heavy atom. The van der Waals surface area contributed by atoms with Crippen LogP contribution in [0, 0.1) is 0 Å². The first-order valence-corrected chi connectivity index (χ1v) is 8.26. The van der Waals surface area contributed by atoms with Crippen LogP contribution in [0.25, 0.3) is 0 Å². The second-order valence-electron chi connectivity index (χ2n) is 5.05. The zero-order valence-corrected chi connectivity index (χ0v) is 12.6. The molecule has 20 heavy (non-hydrogen) atoms. The molecule has 1 unspecified atom stereocenters. The molecule has 5 heteroatoms. The molecule has 2 heterocycles. The first-order valence-electron chi connectivity index (χ1n) is 7.32. The molecule has 0 bridgehead atoms. The summed E-state index contributed by atoms with van der Waals surface area (Å²) in [4.78, 5) is 11.6. The van der Waals surface area contributed by atoms with Crippen molar-refractivity contribution in [3.63, 3.8) is 0 Å². The molecule has 1 fully saturated rings. The number of amides is 1. The van der Waals surface area contributed by atoms with Gasteiger partial charge < -0.3 is 14.8 Å². The van der Waals surface area contributed by atoms with Crippen LogP contribution in [-0.2, 0) is 20.7 Å². The zero-order chi connectivity index (χ0) is 14.0. The van der Waals surface area contributed by atoms with Gasteiger partial charge >= 0.3 is 0 Å². The van der Waals surface area contributed by atoms with Gasteiger partial charge in [-0.15, -0.1) is 0 Å². The molecule has 1 N–H and O–H groups in total. The predicted octanol–water partition coefficient (Wildman–Crippen LogP) is 2.38. The van der Waals surface area contributed by atoms with E-state index in [1.807, 2.05) is 5.38 Å². The van der Waals surface area contributed by atoms with Crippen LogP contribution in [0.1, 0.15) is 31.2 Å². The first kappa shape index (κ1) is 15.5. The highest BCUT2D eigenvalue weighted by Gasteiger charge is 2.14. The average Bonchev–Trinajstić information content (AvgIpc) is 3.13. The molecule has 4 nitrogen and oxygen atoms in total. The lowest BCUT2D eigenvalue weighted by Gasteiger charge is -2.10. The molecule has 0 aliphatic carbocycles. The van der Waals surface area contributed by atoms with E-state index >= 15 is 0 Å². The van der Waals surface area contributed by atoms with Gasteiger partial charge in [0.25, 0.3) is 0 Å². The molecule has 1 aliphatic heterocycles. The minimum absolute atomic E-state index is 0.121. The molecule has 0 spiro atoms. The highest BCUT2D eigenvalue weighted by atomic mass is 32.1. The van der Waals surface area contributed by atoms with Crippen molar-refractivity contribution in [1.82, 2.24) is 5.32 Å². The van der Waals surface area contributed by atoms with Crippen LogP contribution in [-0.4, -0.2) is 38.4 Å². The van der Waals surface area contributed by atoms with E-state index in [2.05, 4.69) is 16.8 Å². The smallest absolute Gasteiger partial charge is 0.220 e. The second-order valence-corrected chi connectivity index (χ2v) is 5.83. The number of ether oxygens (including phenoxy) is 2. The van der Waals surface area contributed by atoms with Crippen LogP contribution in [0.15, 0.2) is 16.8 Å². The molecule has 0 radical (unpaired) electrons. The number of rotatable bonds is 9. The summed E-state index contributed by atoms with van der Waals surface area (Å²) in [5.41, 5.74) is 1.24. The Hall–Kier alpha value is -0.910. The maximum absolute atomic E-state index is 11.6. The molecule has 1 amide bonds. The van der Waals surface area contributed by atoms with Crippen molar-refractivity contribution < 1.29 is 14.3 Å². The third-order valence-electron chi connectivity index (χ3n) is 3.34. The van der Waals surface area contributed by atoms with Gasteiger partial charge in [-0.05, 0) is 48.1 Å². The summed E-state index contributed by atoms with van der Waals surface area (Å²) in [5, 5.41) is 7.06. The summed E-state index contributed by atoms with van der Waals surface area (Å²) >= 11 is 1.67. The van der Waals surface area contributed by atoms with E-state index in [0.717, 1.165) is 32.3 Å². The normalized spacial score (nSPS) is 18.3. The molecule has 1 aromatic heterocycles. The van der Waals surface area contributed by atoms with Gasteiger partial charge in [-0.25, -0.2) is 0 Å². The van der Waals surface area contributed by atoms with Gasteiger partial charge in [-0.2, -0.15) is 11.3 Å². The topological polar surface area (TPSA) is 47.6 Å². The Bertz CT molecular complexity index is 374. The number of nitrogens with one attached hydrogen (secondary N) is 1. The maximum Gasteiger partial charge on any atom is 0.220 e. The Morgan fingerprint density at radius 1 is 1.55 bits per heavy atom. The van der Waals surface area contributed by atoms with Gasteiger partial charge in [-0.1, -0.05) is 0 Å². The summed E-state index contributed by atoms with van der Waals surface area (Å²) in [6.07, 6.45) is 4.79. The van der Waals surface area contributed by atoms with Crippen LogP contribution < -0.4 is 5.32 Å². The molecular weight excluding hydrogens is 274 g/mol. The zero-order valence-electron chi connectivity index (χ0n) is 11.8. The minimum Gasteiger partial charge on any atom is -0.379 e. The van der Waals surface area contributed by atoms with Gasteiger partial charge in [0.05, 0.1) is 12.7 Å². The van der Waals surface area contributed by atoms with Gasteiger partial charge in [0.1, 0.15) is 0 Å². The highest BCUT2D eigenvalue weighted by molar-refractivity contribution is 7.07. The lowest BCUT2D eigenvalue weighted by atomic mass is 10.2. The monoisotopic (exact) mass is 297 g/mol. The van der Waals surface area contributed by atoms with Crippen molar-refractivity contribution >= 4 is 17.2 Å². The van der Waals surface area contributed by atoms with Crippen molar-refractivity contribution in [2.75, 3.05) is 26.4 Å². The van der Waals surface area contributed by atoms with E-state index < -0.39 is 0 Å². The van der Waals surface area contributed by atoms with Crippen molar-refractivity contribution in [2.24, 2.45) is 0 Å². The Morgan fingerprint density at radius 2 is 2.50 bits per heavy atom. The van der Waals surface area contributed by atoms with E-state index in [0.29, 0.717) is 26.2 Å². The number of hydrogen-bond donors (Lipinski definition) is 1. The average molecular weight is 297 g/mol. The van der Waals surface area contributed by atoms with Crippen LogP contribution in [0.5, 0.6) is 0 Å². The molecule has 2 rings (SSSR count). The molecular formula is C15H23NO3S. The van der Waals surface area contributed by atoms with Crippen LogP contribution in [0.3, 0.4) is 0 Å². The summed E-state index contributed by atoms with van der Waals surface area (Å²) in [5.74, 6) is 0.121. The molecule has 1 saturated heterocycles. The van der Waals surface area contributed by atoms with Crippen molar-refractivity contribution in [3.05, 3.63) is 22.4 Å². The van der Waals surface area contributed by atoms with Crippen molar-refractivity contribution in [1.29, 1.82) is 0 Å². The standard InChI is InChI=1S/C15H23NO3S/c17-15(5-4-13-6-10-20-12-13)16-7-2-8-18-11-14-3-1-9-19-14/h6,10,12,14H,1-5,7-9,11H2,(H,16,17). The predicted molar refractivity (Wildman–Crippen MR) is 80.1 cm³/mol.